The maximum absolute atomic E-state index is 12.2. The maximum atomic E-state index is 12.2. The summed E-state index contributed by atoms with van der Waals surface area (Å²) in [5.74, 6) is 0.0300. The fourth-order valence-corrected chi connectivity index (χ4v) is 2.98. The van der Waals surface area contributed by atoms with E-state index >= 15 is 0 Å². The smallest absolute Gasteiger partial charge is 0.254 e. The van der Waals surface area contributed by atoms with E-state index in [0.717, 1.165) is 29.1 Å². The Kier molecular flexibility index (Phi) is 3.87. The Bertz CT molecular complexity index is 540. The van der Waals surface area contributed by atoms with Crippen molar-refractivity contribution in [1.29, 1.82) is 0 Å². The SMILES string of the molecule is CCCNC(=O)c1c(-n2cccc2)sc(C)c1C. The number of amides is 1. The van der Waals surface area contributed by atoms with Crippen molar-refractivity contribution in [3.63, 3.8) is 0 Å². The first-order valence-electron chi connectivity index (χ1n) is 6.16. The lowest BCUT2D eigenvalue weighted by Gasteiger charge is -2.07. The zero-order valence-electron chi connectivity index (χ0n) is 11.0. The molecule has 0 aliphatic rings. The number of nitrogens with one attached hydrogen (secondary N) is 1. The van der Waals surface area contributed by atoms with Crippen LogP contribution < -0.4 is 5.32 Å². The van der Waals surface area contributed by atoms with Crippen LogP contribution in [0.3, 0.4) is 0 Å². The van der Waals surface area contributed by atoms with Gasteiger partial charge in [0.2, 0.25) is 0 Å². The molecule has 2 aromatic rings. The molecule has 2 rings (SSSR count). The minimum atomic E-state index is 0.0300. The van der Waals surface area contributed by atoms with Crippen molar-refractivity contribution in [3.05, 3.63) is 40.5 Å². The minimum Gasteiger partial charge on any atom is -0.352 e. The van der Waals surface area contributed by atoms with E-state index in [4.69, 9.17) is 0 Å². The van der Waals surface area contributed by atoms with Gasteiger partial charge in [0.05, 0.1) is 5.56 Å². The first-order valence-corrected chi connectivity index (χ1v) is 6.98. The molecule has 1 N–H and O–H groups in total. The van der Waals surface area contributed by atoms with Crippen molar-refractivity contribution >= 4 is 17.2 Å². The summed E-state index contributed by atoms with van der Waals surface area (Å²) < 4.78 is 2.01. The monoisotopic (exact) mass is 262 g/mol. The average Bonchev–Trinajstić information content (AvgIpc) is 2.96. The van der Waals surface area contributed by atoms with E-state index in [0.29, 0.717) is 0 Å². The van der Waals surface area contributed by atoms with Gasteiger partial charge in [-0.25, -0.2) is 0 Å². The third kappa shape index (κ3) is 2.34. The second-order valence-corrected chi connectivity index (χ2v) is 5.51. The van der Waals surface area contributed by atoms with Gasteiger partial charge >= 0.3 is 0 Å². The molecule has 0 aromatic carbocycles. The topological polar surface area (TPSA) is 34.0 Å². The molecule has 2 aromatic heterocycles. The van der Waals surface area contributed by atoms with E-state index in [-0.39, 0.29) is 5.91 Å². The highest BCUT2D eigenvalue weighted by Gasteiger charge is 2.19. The van der Waals surface area contributed by atoms with Gasteiger partial charge in [-0.3, -0.25) is 4.79 Å². The zero-order valence-corrected chi connectivity index (χ0v) is 11.8. The lowest BCUT2D eigenvalue weighted by Crippen LogP contribution is -2.25. The fourth-order valence-electron chi connectivity index (χ4n) is 1.86. The highest BCUT2D eigenvalue weighted by Crippen LogP contribution is 2.30. The Morgan fingerprint density at radius 3 is 2.61 bits per heavy atom. The molecule has 0 fully saturated rings. The van der Waals surface area contributed by atoms with Gasteiger partial charge in [0.1, 0.15) is 5.00 Å². The second-order valence-electron chi connectivity index (χ2n) is 4.31. The number of carbonyl (C=O) groups is 1. The lowest BCUT2D eigenvalue weighted by atomic mass is 10.1. The van der Waals surface area contributed by atoms with Crippen LogP contribution >= 0.6 is 11.3 Å². The van der Waals surface area contributed by atoms with Crippen molar-refractivity contribution < 1.29 is 4.79 Å². The van der Waals surface area contributed by atoms with E-state index in [1.807, 2.05) is 36.0 Å². The maximum Gasteiger partial charge on any atom is 0.254 e. The predicted molar refractivity (Wildman–Crippen MR) is 75.7 cm³/mol. The van der Waals surface area contributed by atoms with Crippen molar-refractivity contribution in [3.8, 4) is 5.00 Å². The van der Waals surface area contributed by atoms with Crippen LogP contribution in [0.15, 0.2) is 24.5 Å². The van der Waals surface area contributed by atoms with Crippen molar-refractivity contribution in [2.45, 2.75) is 27.2 Å². The summed E-state index contributed by atoms with van der Waals surface area (Å²) in [6.45, 7) is 6.85. The summed E-state index contributed by atoms with van der Waals surface area (Å²) in [4.78, 5) is 13.4. The molecule has 0 saturated heterocycles. The Hall–Kier alpha value is -1.55. The highest BCUT2D eigenvalue weighted by molar-refractivity contribution is 7.15. The highest BCUT2D eigenvalue weighted by atomic mass is 32.1. The Morgan fingerprint density at radius 1 is 1.33 bits per heavy atom. The van der Waals surface area contributed by atoms with Crippen LogP contribution in [0, 0.1) is 13.8 Å². The number of thiophene rings is 1. The fraction of sp³-hybridized carbons (Fsp3) is 0.357. The van der Waals surface area contributed by atoms with Gasteiger partial charge in [-0.05, 0) is 38.0 Å². The summed E-state index contributed by atoms with van der Waals surface area (Å²) in [5, 5.41) is 3.96. The van der Waals surface area contributed by atoms with Crippen LogP contribution in [0.25, 0.3) is 5.00 Å². The van der Waals surface area contributed by atoms with Gasteiger partial charge in [0.15, 0.2) is 0 Å². The lowest BCUT2D eigenvalue weighted by molar-refractivity contribution is 0.0953. The van der Waals surface area contributed by atoms with Gasteiger partial charge < -0.3 is 9.88 Å². The molecule has 0 unspecified atom stereocenters. The summed E-state index contributed by atoms with van der Waals surface area (Å²) in [7, 11) is 0. The van der Waals surface area contributed by atoms with Gasteiger partial charge in [0, 0.05) is 23.8 Å². The second kappa shape index (κ2) is 5.40. The number of nitrogens with zero attached hydrogens (tertiary/aromatic N) is 1. The van der Waals surface area contributed by atoms with Gasteiger partial charge in [-0.15, -0.1) is 11.3 Å². The van der Waals surface area contributed by atoms with E-state index < -0.39 is 0 Å². The molecular weight excluding hydrogens is 244 g/mol. The molecule has 0 saturated carbocycles. The zero-order chi connectivity index (χ0) is 13.1. The van der Waals surface area contributed by atoms with Crippen LogP contribution in [0.4, 0.5) is 0 Å². The van der Waals surface area contributed by atoms with Crippen molar-refractivity contribution in [1.82, 2.24) is 9.88 Å². The third-order valence-electron chi connectivity index (χ3n) is 2.97. The first kappa shape index (κ1) is 12.9. The standard InChI is InChI=1S/C14H18N2OS/c1-4-7-15-13(17)12-10(2)11(3)18-14(12)16-8-5-6-9-16/h5-6,8-9H,4,7H2,1-3H3,(H,15,17). The van der Waals surface area contributed by atoms with Crippen LogP contribution in [-0.2, 0) is 0 Å². The van der Waals surface area contributed by atoms with Crippen LogP contribution in [0.5, 0.6) is 0 Å². The third-order valence-corrected chi connectivity index (χ3v) is 4.19. The minimum absolute atomic E-state index is 0.0300. The first-order chi connectivity index (χ1) is 8.65. The number of hydrogen-bond donors (Lipinski definition) is 1. The molecule has 4 heteroatoms. The number of aromatic nitrogens is 1. The van der Waals surface area contributed by atoms with Gasteiger partial charge in [-0.2, -0.15) is 0 Å². The van der Waals surface area contributed by atoms with Gasteiger partial charge in [0.25, 0.3) is 5.91 Å². The Balaban J connectivity index is 2.42. The van der Waals surface area contributed by atoms with Gasteiger partial charge in [-0.1, -0.05) is 6.92 Å². The van der Waals surface area contributed by atoms with E-state index in [9.17, 15) is 4.79 Å². The van der Waals surface area contributed by atoms with Crippen molar-refractivity contribution in [2.75, 3.05) is 6.54 Å². The molecule has 0 atom stereocenters. The summed E-state index contributed by atoms with van der Waals surface area (Å²) in [6.07, 6.45) is 4.90. The molecule has 2 heterocycles. The molecule has 0 bridgehead atoms. The Labute approximate surface area is 111 Å². The predicted octanol–water partition coefficient (Wildman–Crippen LogP) is 3.30. The molecule has 1 amide bonds. The Morgan fingerprint density at radius 2 is 2.00 bits per heavy atom. The molecule has 3 nitrogen and oxygen atoms in total. The summed E-state index contributed by atoms with van der Waals surface area (Å²) in [5.41, 5.74) is 1.89. The van der Waals surface area contributed by atoms with E-state index in [2.05, 4.69) is 19.2 Å². The van der Waals surface area contributed by atoms with E-state index in [1.54, 1.807) is 11.3 Å². The number of hydrogen-bond acceptors (Lipinski definition) is 2. The van der Waals surface area contributed by atoms with Crippen LogP contribution in [0.2, 0.25) is 0 Å². The number of rotatable bonds is 4. The molecule has 96 valence electrons. The largest absolute Gasteiger partial charge is 0.352 e. The molecule has 0 spiro atoms. The summed E-state index contributed by atoms with van der Waals surface area (Å²) >= 11 is 1.66. The number of carbonyl (C=O) groups excluding carboxylic acids is 1. The quantitative estimate of drug-likeness (QED) is 0.901. The molecule has 18 heavy (non-hydrogen) atoms. The molecule has 0 aliphatic heterocycles. The average molecular weight is 262 g/mol. The normalized spacial score (nSPS) is 10.6. The molecular formula is C14H18N2OS. The van der Waals surface area contributed by atoms with E-state index in [1.165, 1.54) is 4.88 Å². The number of aryl methyl sites for hydroxylation is 1. The van der Waals surface area contributed by atoms with Crippen molar-refractivity contribution in [2.24, 2.45) is 0 Å². The molecule has 0 aliphatic carbocycles. The van der Waals surface area contributed by atoms with Crippen LogP contribution in [0.1, 0.15) is 34.1 Å². The molecule has 0 radical (unpaired) electrons. The summed E-state index contributed by atoms with van der Waals surface area (Å²) in [6, 6.07) is 3.94. The van der Waals surface area contributed by atoms with Crippen LogP contribution in [-0.4, -0.2) is 17.0 Å².